The molecule has 0 saturated heterocycles. The Morgan fingerprint density at radius 3 is 2.71 bits per heavy atom. The maximum atomic E-state index is 13.2. The Labute approximate surface area is 172 Å². The van der Waals surface area contributed by atoms with Gasteiger partial charge in [-0.3, -0.25) is 4.79 Å². The van der Waals surface area contributed by atoms with Crippen molar-refractivity contribution in [3.05, 3.63) is 62.7 Å². The number of amides is 1. The number of aliphatic imine (C=N–C) groups is 1. The van der Waals surface area contributed by atoms with E-state index in [0.29, 0.717) is 0 Å². The summed E-state index contributed by atoms with van der Waals surface area (Å²) in [6, 6.07) is 11.4. The van der Waals surface area contributed by atoms with E-state index in [-0.39, 0.29) is 5.91 Å². The van der Waals surface area contributed by atoms with Crippen molar-refractivity contribution in [3.8, 4) is 5.75 Å². The average molecular weight is 411 g/mol. The van der Waals surface area contributed by atoms with Crippen molar-refractivity contribution < 1.29 is 9.53 Å². The van der Waals surface area contributed by atoms with Crippen LogP contribution in [0.15, 0.2) is 46.8 Å². The lowest BCUT2D eigenvalue weighted by molar-refractivity contribution is 0.102. The number of rotatable bonds is 5. The van der Waals surface area contributed by atoms with Gasteiger partial charge in [-0.15, -0.1) is 22.7 Å². The third-order valence-corrected chi connectivity index (χ3v) is 6.84. The van der Waals surface area contributed by atoms with Gasteiger partial charge in [0.1, 0.15) is 10.8 Å². The summed E-state index contributed by atoms with van der Waals surface area (Å²) in [5.74, 6) is 0.687. The van der Waals surface area contributed by atoms with Gasteiger partial charge in [0.25, 0.3) is 5.91 Å². The number of fused-ring (bicyclic) bond motifs is 1. The number of anilines is 1. The predicted molar refractivity (Wildman–Crippen MR) is 118 cm³/mol. The molecule has 0 saturated carbocycles. The first kappa shape index (κ1) is 18.9. The molecular weight excluding hydrogens is 388 g/mol. The van der Waals surface area contributed by atoms with Crippen LogP contribution in [-0.2, 0) is 12.8 Å². The molecule has 1 N–H and O–H groups in total. The van der Waals surface area contributed by atoms with Crippen molar-refractivity contribution in [2.45, 2.75) is 32.1 Å². The molecule has 1 aromatic carbocycles. The number of carbonyl (C=O) groups is 1. The molecule has 1 amide bonds. The van der Waals surface area contributed by atoms with E-state index in [1.165, 1.54) is 23.3 Å². The maximum absolute atomic E-state index is 13.2. The van der Waals surface area contributed by atoms with E-state index in [0.717, 1.165) is 46.1 Å². The summed E-state index contributed by atoms with van der Waals surface area (Å²) >= 11 is 3.31. The summed E-state index contributed by atoms with van der Waals surface area (Å²) in [6.45, 7) is 0. The van der Waals surface area contributed by atoms with E-state index in [2.05, 4.69) is 5.32 Å². The van der Waals surface area contributed by atoms with Gasteiger partial charge >= 0.3 is 0 Å². The number of hydrogen-bond donors (Lipinski definition) is 1. The first-order chi connectivity index (χ1) is 13.7. The molecule has 1 aliphatic rings. The Kier molecular flexibility index (Phi) is 5.88. The van der Waals surface area contributed by atoms with E-state index in [1.807, 2.05) is 48.0 Å². The molecule has 2 aromatic heterocycles. The number of aryl methyl sites for hydroxylation is 1. The standard InChI is InChI=1S/C22H22N2O2S2/c1-26-16-11-9-15(10-12-16)24-21(25)20-18-7-3-2-4-8-19(18)28-22(20)23-14-17-6-5-13-27-17/h5-6,9-14H,2-4,7-8H2,1H3,(H,24,25)/b23-14+. The number of hydrogen-bond acceptors (Lipinski definition) is 5. The van der Waals surface area contributed by atoms with Crippen molar-refractivity contribution in [1.82, 2.24) is 0 Å². The Morgan fingerprint density at radius 1 is 1.14 bits per heavy atom. The predicted octanol–water partition coefficient (Wildman–Crippen LogP) is 6.09. The largest absolute Gasteiger partial charge is 0.497 e. The van der Waals surface area contributed by atoms with Crippen LogP contribution in [0.5, 0.6) is 5.75 Å². The molecule has 4 nitrogen and oxygen atoms in total. The number of carbonyl (C=O) groups excluding carboxylic acids is 1. The lowest BCUT2D eigenvalue weighted by Crippen LogP contribution is -2.13. The van der Waals surface area contributed by atoms with Crippen LogP contribution in [0, 0.1) is 0 Å². The van der Waals surface area contributed by atoms with Crippen molar-refractivity contribution in [1.29, 1.82) is 0 Å². The van der Waals surface area contributed by atoms with Crippen LogP contribution in [0.25, 0.3) is 0 Å². The maximum Gasteiger partial charge on any atom is 0.259 e. The molecule has 6 heteroatoms. The first-order valence-corrected chi connectivity index (χ1v) is 11.1. The SMILES string of the molecule is COc1ccc(NC(=O)c2c(/N=C/c3cccs3)sc3c2CCCCC3)cc1. The Bertz CT molecular complexity index is 973. The van der Waals surface area contributed by atoms with Gasteiger partial charge in [0.15, 0.2) is 0 Å². The Balaban J connectivity index is 1.66. The van der Waals surface area contributed by atoms with Gasteiger partial charge < -0.3 is 10.1 Å². The third kappa shape index (κ3) is 4.18. The van der Waals surface area contributed by atoms with Gasteiger partial charge in [0.05, 0.1) is 12.7 Å². The van der Waals surface area contributed by atoms with Crippen LogP contribution >= 0.6 is 22.7 Å². The monoisotopic (exact) mass is 410 g/mol. The number of ether oxygens (including phenoxy) is 1. The summed E-state index contributed by atoms with van der Waals surface area (Å²) in [5, 5.41) is 5.88. The van der Waals surface area contributed by atoms with Crippen LogP contribution in [0.4, 0.5) is 10.7 Å². The zero-order valence-electron chi connectivity index (χ0n) is 15.7. The van der Waals surface area contributed by atoms with E-state index >= 15 is 0 Å². The summed E-state index contributed by atoms with van der Waals surface area (Å²) in [5.41, 5.74) is 2.69. The number of nitrogens with zero attached hydrogens (tertiary/aromatic N) is 1. The van der Waals surface area contributed by atoms with Gasteiger partial charge in [-0.25, -0.2) is 4.99 Å². The highest BCUT2D eigenvalue weighted by molar-refractivity contribution is 7.16. The number of methoxy groups -OCH3 is 1. The number of thiophene rings is 2. The quantitative estimate of drug-likeness (QED) is 0.409. The minimum atomic E-state index is -0.0807. The van der Waals surface area contributed by atoms with Gasteiger partial charge in [-0.05, 0) is 67.0 Å². The normalized spacial score (nSPS) is 13.9. The Hall–Kier alpha value is -2.44. The first-order valence-electron chi connectivity index (χ1n) is 9.42. The minimum Gasteiger partial charge on any atom is -0.497 e. The highest BCUT2D eigenvalue weighted by Crippen LogP contribution is 2.39. The second-order valence-electron chi connectivity index (χ2n) is 6.70. The molecule has 0 atom stereocenters. The lowest BCUT2D eigenvalue weighted by Gasteiger charge is -2.08. The number of benzene rings is 1. The minimum absolute atomic E-state index is 0.0807. The topological polar surface area (TPSA) is 50.7 Å². The van der Waals surface area contributed by atoms with Gasteiger partial charge in [0.2, 0.25) is 0 Å². The van der Waals surface area contributed by atoms with Gasteiger partial charge in [-0.1, -0.05) is 12.5 Å². The second-order valence-corrected chi connectivity index (χ2v) is 8.76. The van der Waals surface area contributed by atoms with Crippen molar-refractivity contribution in [2.75, 3.05) is 12.4 Å². The molecule has 0 aliphatic heterocycles. The zero-order chi connectivity index (χ0) is 19.3. The molecule has 0 radical (unpaired) electrons. The van der Waals surface area contributed by atoms with Crippen molar-refractivity contribution >= 4 is 45.5 Å². The molecule has 0 spiro atoms. The highest BCUT2D eigenvalue weighted by atomic mass is 32.1. The fourth-order valence-corrected chi connectivity index (χ4v) is 5.22. The average Bonchev–Trinajstić information content (AvgIpc) is 3.29. The molecule has 2 heterocycles. The lowest BCUT2D eigenvalue weighted by atomic mass is 10.0. The van der Waals surface area contributed by atoms with E-state index in [1.54, 1.807) is 29.8 Å². The third-order valence-electron chi connectivity index (χ3n) is 4.83. The van der Waals surface area contributed by atoms with E-state index in [4.69, 9.17) is 9.73 Å². The molecule has 28 heavy (non-hydrogen) atoms. The summed E-state index contributed by atoms with van der Waals surface area (Å²) in [4.78, 5) is 20.3. The Morgan fingerprint density at radius 2 is 1.96 bits per heavy atom. The van der Waals surface area contributed by atoms with Crippen LogP contribution in [0.1, 0.15) is 44.9 Å². The smallest absolute Gasteiger partial charge is 0.259 e. The van der Waals surface area contributed by atoms with Crippen molar-refractivity contribution in [2.24, 2.45) is 4.99 Å². The fourth-order valence-electron chi connectivity index (χ4n) is 3.41. The van der Waals surface area contributed by atoms with Crippen LogP contribution in [-0.4, -0.2) is 19.2 Å². The molecule has 4 rings (SSSR count). The molecule has 3 aromatic rings. The van der Waals surface area contributed by atoms with E-state index < -0.39 is 0 Å². The van der Waals surface area contributed by atoms with Crippen LogP contribution in [0.2, 0.25) is 0 Å². The van der Waals surface area contributed by atoms with Crippen LogP contribution in [0.3, 0.4) is 0 Å². The molecular formula is C22H22N2O2S2. The summed E-state index contributed by atoms with van der Waals surface area (Å²) in [6.07, 6.45) is 7.37. The second kappa shape index (κ2) is 8.71. The summed E-state index contributed by atoms with van der Waals surface area (Å²) < 4.78 is 5.19. The molecule has 0 bridgehead atoms. The number of nitrogens with one attached hydrogen (secondary N) is 1. The molecule has 0 unspecified atom stereocenters. The zero-order valence-corrected chi connectivity index (χ0v) is 17.4. The molecule has 144 valence electrons. The van der Waals surface area contributed by atoms with Crippen LogP contribution < -0.4 is 10.1 Å². The molecule has 0 fully saturated rings. The van der Waals surface area contributed by atoms with Gasteiger partial charge in [0, 0.05) is 21.7 Å². The fraction of sp³-hybridized carbons (Fsp3) is 0.273. The highest BCUT2D eigenvalue weighted by Gasteiger charge is 2.24. The summed E-state index contributed by atoms with van der Waals surface area (Å²) in [7, 11) is 1.63. The van der Waals surface area contributed by atoms with Crippen molar-refractivity contribution in [3.63, 3.8) is 0 Å². The van der Waals surface area contributed by atoms with Gasteiger partial charge in [-0.2, -0.15) is 0 Å². The van der Waals surface area contributed by atoms with E-state index in [9.17, 15) is 4.79 Å². The molecule has 1 aliphatic carbocycles.